The van der Waals surface area contributed by atoms with Gasteiger partial charge in [-0.2, -0.15) is 0 Å². The molecule has 1 nitrogen and oxygen atoms in total. The quantitative estimate of drug-likeness (QED) is 0.287. The molecule has 0 atom stereocenters. The Labute approximate surface area is 63.6 Å². The van der Waals surface area contributed by atoms with Crippen molar-refractivity contribution in [1.29, 1.82) is 0 Å². The van der Waals surface area contributed by atoms with E-state index in [9.17, 15) is 4.79 Å². The number of rotatable bonds is 3. The van der Waals surface area contributed by atoms with E-state index in [1.54, 1.807) is 13.0 Å². The third-order valence-corrected chi connectivity index (χ3v) is 1.14. The Morgan fingerprint density at radius 1 is 1.67 bits per heavy atom. The molecule has 0 saturated carbocycles. The number of allylic oxidation sites excluding steroid dienone is 4. The highest BCUT2D eigenvalue weighted by molar-refractivity contribution is 9.09. The van der Waals surface area contributed by atoms with Gasteiger partial charge in [-0.15, -0.1) is 0 Å². The summed E-state index contributed by atoms with van der Waals surface area (Å²) in [4.78, 5) is 9.99. The third kappa shape index (κ3) is 5.50. The van der Waals surface area contributed by atoms with Gasteiger partial charge in [0.05, 0.1) is 0 Å². The van der Waals surface area contributed by atoms with Crippen LogP contribution in [0.2, 0.25) is 0 Å². The van der Waals surface area contributed by atoms with Crippen LogP contribution in [0.5, 0.6) is 0 Å². The first kappa shape index (κ1) is 8.63. The maximum absolute atomic E-state index is 9.99. The second-order valence-electron chi connectivity index (χ2n) is 1.61. The maximum Gasteiger partial charge on any atom is 0.145 e. The van der Waals surface area contributed by atoms with Gasteiger partial charge in [0.1, 0.15) is 6.29 Å². The summed E-state index contributed by atoms with van der Waals surface area (Å²) >= 11 is 3.22. The minimum atomic E-state index is 0.743. The summed E-state index contributed by atoms with van der Waals surface area (Å²) in [7, 11) is 0. The summed E-state index contributed by atoms with van der Waals surface area (Å²) in [6, 6.07) is 0. The smallest absolute Gasteiger partial charge is 0.145 e. The normalized spacial score (nSPS) is 12.4. The summed E-state index contributed by atoms with van der Waals surface area (Å²) in [6.07, 6.45) is 6.37. The van der Waals surface area contributed by atoms with Crippen LogP contribution < -0.4 is 0 Å². The molecule has 0 aliphatic heterocycles. The lowest BCUT2D eigenvalue weighted by Crippen LogP contribution is -1.72. The van der Waals surface area contributed by atoms with Crippen molar-refractivity contribution in [2.75, 3.05) is 5.33 Å². The van der Waals surface area contributed by atoms with E-state index < -0.39 is 0 Å². The van der Waals surface area contributed by atoms with Gasteiger partial charge in [0.2, 0.25) is 0 Å². The van der Waals surface area contributed by atoms with E-state index in [1.165, 1.54) is 0 Å². The van der Waals surface area contributed by atoms with Crippen LogP contribution >= 0.6 is 15.9 Å². The third-order valence-electron chi connectivity index (χ3n) is 0.770. The lowest BCUT2D eigenvalue weighted by Gasteiger charge is -1.78. The Bertz CT molecular complexity index is 136. The Morgan fingerprint density at radius 2 is 2.33 bits per heavy atom. The Morgan fingerprint density at radius 3 is 2.78 bits per heavy atom. The topological polar surface area (TPSA) is 17.1 Å². The van der Waals surface area contributed by atoms with E-state index >= 15 is 0 Å². The molecule has 0 aromatic rings. The summed E-state index contributed by atoms with van der Waals surface area (Å²) in [5.41, 5.74) is 0.743. The highest BCUT2D eigenvalue weighted by Crippen LogP contribution is 1.88. The average molecular weight is 189 g/mol. The zero-order valence-corrected chi connectivity index (χ0v) is 6.89. The van der Waals surface area contributed by atoms with E-state index in [2.05, 4.69) is 15.9 Å². The fraction of sp³-hybridized carbons (Fsp3) is 0.286. The van der Waals surface area contributed by atoms with Crippen LogP contribution in [0.4, 0.5) is 0 Å². The van der Waals surface area contributed by atoms with E-state index in [4.69, 9.17) is 0 Å². The number of aldehydes is 1. The molecule has 0 aromatic heterocycles. The zero-order valence-electron chi connectivity index (χ0n) is 5.30. The first-order valence-electron chi connectivity index (χ1n) is 2.66. The maximum atomic E-state index is 9.99. The number of hydrogen-bond donors (Lipinski definition) is 0. The van der Waals surface area contributed by atoms with Gasteiger partial charge in [0.15, 0.2) is 0 Å². The molecule has 0 spiro atoms. The molecule has 0 aliphatic carbocycles. The summed E-state index contributed by atoms with van der Waals surface area (Å²) in [5, 5.41) is 0.829. The molecule has 0 aliphatic rings. The van der Waals surface area contributed by atoms with E-state index in [0.717, 1.165) is 17.2 Å². The van der Waals surface area contributed by atoms with Crippen molar-refractivity contribution in [2.45, 2.75) is 6.92 Å². The molecule has 0 N–H and O–H groups in total. The first-order chi connectivity index (χ1) is 4.31. The molecule has 50 valence electrons. The molecule has 0 unspecified atom stereocenters. The molecule has 0 rings (SSSR count). The van der Waals surface area contributed by atoms with Gasteiger partial charge in [0.25, 0.3) is 0 Å². The largest absolute Gasteiger partial charge is 0.298 e. The minimum Gasteiger partial charge on any atom is -0.298 e. The number of hydrogen-bond acceptors (Lipinski definition) is 1. The molecule has 0 bridgehead atoms. The van der Waals surface area contributed by atoms with E-state index in [-0.39, 0.29) is 0 Å². The highest BCUT2D eigenvalue weighted by Gasteiger charge is 1.76. The van der Waals surface area contributed by atoms with Gasteiger partial charge < -0.3 is 0 Å². The van der Waals surface area contributed by atoms with Crippen LogP contribution in [0.1, 0.15) is 6.92 Å². The molecule has 0 heterocycles. The van der Waals surface area contributed by atoms with Gasteiger partial charge in [0, 0.05) is 5.33 Å². The summed E-state index contributed by atoms with van der Waals surface area (Å²) in [6.45, 7) is 1.77. The molecule has 0 aromatic carbocycles. The lowest BCUT2D eigenvalue weighted by molar-refractivity contribution is -0.104. The Kier molecular flexibility index (Phi) is 5.52. The van der Waals surface area contributed by atoms with Crippen molar-refractivity contribution in [3.8, 4) is 0 Å². The molecular formula is C7H9BrO. The van der Waals surface area contributed by atoms with Crippen molar-refractivity contribution in [2.24, 2.45) is 0 Å². The van der Waals surface area contributed by atoms with Gasteiger partial charge in [-0.05, 0) is 12.5 Å². The standard InChI is InChI=1S/C7H9BrO/c1-7(6-9)4-2-3-5-8/h2-4,6H,5H2,1H3/b3-2+,7-4+. The van der Waals surface area contributed by atoms with Gasteiger partial charge in [-0.3, -0.25) is 4.79 Å². The predicted molar refractivity (Wildman–Crippen MR) is 42.8 cm³/mol. The van der Waals surface area contributed by atoms with Crippen LogP contribution in [0.3, 0.4) is 0 Å². The first-order valence-corrected chi connectivity index (χ1v) is 3.78. The monoisotopic (exact) mass is 188 g/mol. The van der Waals surface area contributed by atoms with Crippen LogP contribution in [-0.2, 0) is 4.79 Å². The van der Waals surface area contributed by atoms with Crippen molar-refractivity contribution in [3.05, 3.63) is 23.8 Å². The van der Waals surface area contributed by atoms with Crippen LogP contribution in [-0.4, -0.2) is 11.6 Å². The van der Waals surface area contributed by atoms with E-state index in [1.807, 2.05) is 12.2 Å². The highest BCUT2D eigenvalue weighted by atomic mass is 79.9. The van der Waals surface area contributed by atoms with Crippen molar-refractivity contribution < 1.29 is 4.79 Å². The average Bonchev–Trinajstić information content (AvgIpc) is 1.89. The molecular weight excluding hydrogens is 180 g/mol. The molecule has 9 heavy (non-hydrogen) atoms. The number of carbonyl (C=O) groups is 1. The van der Waals surface area contributed by atoms with Crippen molar-refractivity contribution >= 4 is 22.2 Å². The fourth-order valence-corrected chi connectivity index (χ4v) is 0.526. The van der Waals surface area contributed by atoms with Crippen molar-refractivity contribution in [3.63, 3.8) is 0 Å². The second kappa shape index (κ2) is 5.76. The summed E-state index contributed by atoms with van der Waals surface area (Å²) < 4.78 is 0. The molecule has 0 fully saturated rings. The summed E-state index contributed by atoms with van der Waals surface area (Å²) in [5.74, 6) is 0. The van der Waals surface area contributed by atoms with Crippen LogP contribution in [0, 0.1) is 0 Å². The molecule has 0 saturated heterocycles. The number of alkyl halides is 1. The van der Waals surface area contributed by atoms with Crippen LogP contribution in [0.25, 0.3) is 0 Å². The van der Waals surface area contributed by atoms with Crippen molar-refractivity contribution in [1.82, 2.24) is 0 Å². The molecule has 0 radical (unpaired) electrons. The number of halogens is 1. The Hall–Kier alpha value is -0.370. The number of carbonyl (C=O) groups excluding carboxylic acids is 1. The Balaban J connectivity index is 3.68. The van der Waals surface area contributed by atoms with Gasteiger partial charge in [-0.25, -0.2) is 0 Å². The molecule has 2 heteroatoms. The second-order valence-corrected chi connectivity index (χ2v) is 2.26. The SMILES string of the molecule is C/C(C=O)=C\C=C\CBr. The van der Waals surface area contributed by atoms with Gasteiger partial charge >= 0.3 is 0 Å². The lowest BCUT2D eigenvalue weighted by atomic mass is 10.3. The zero-order chi connectivity index (χ0) is 7.11. The predicted octanol–water partition coefficient (Wildman–Crippen LogP) is 2.08. The fourth-order valence-electron chi connectivity index (χ4n) is 0.311. The minimum absolute atomic E-state index is 0.743. The molecule has 0 amide bonds. The van der Waals surface area contributed by atoms with Crippen LogP contribution in [0.15, 0.2) is 23.8 Å². The van der Waals surface area contributed by atoms with Gasteiger partial charge in [-0.1, -0.05) is 34.2 Å². The van der Waals surface area contributed by atoms with E-state index in [0.29, 0.717) is 0 Å².